The fraction of sp³-hybridized carbons (Fsp3) is 0.588. The molecule has 0 saturated heterocycles. The zero-order chi connectivity index (χ0) is 14.5. The van der Waals surface area contributed by atoms with Gasteiger partial charge in [-0.25, -0.2) is 0 Å². The van der Waals surface area contributed by atoms with Gasteiger partial charge in [0.1, 0.15) is 0 Å². The van der Waals surface area contributed by atoms with Crippen molar-refractivity contribution in [3.05, 3.63) is 35.9 Å². The lowest BCUT2D eigenvalue weighted by Crippen LogP contribution is -2.38. The van der Waals surface area contributed by atoms with E-state index in [1.165, 1.54) is 24.8 Å². The molecule has 1 aromatic carbocycles. The van der Waals surface area contributed by atoms with Gasteiger partial charge in [-0.1, -0.05) is 50.6 Å². The minimum absolute atomic E-state index is 0.0491. The Morgan fingerprint density at radius 3 is 2.45 bits per heavy atom. The summed E-state index contributed by atoms with van der Waals surface area (Å²) >= 11 is 0. The van der Waals surface area contributed by atoms with Crippen molar-refractivity contribution in [1.29, 1.82) is 0 Å². The van der Waals surface area contributed by atoms with Crippen LogP contribution in [0.3, 0.4) is 0 Å². The van der Waals surface area contributed by atoms with E-state index in [2.05, 4.69) is 17.4 Å². The van der Waals surface area contributed by atoms with Crippen LogP contribution in [0.1, 0.15) is 51.1 Å². The molecule has 2 atom stereocenters. The van der Waals surface area contributed by atoms with Crippen LogP contribution in [0.15, 0.2) is 30.3 Å². The Morgan fingerprint density at radius 2 is 1.95 bits per heavy atom. The minimum Gasteiger partial charge on any atom is -0.392 e. The van der Waals surface area contributed by atoms with Crippen molar-refractivity contribution in [1.82, 2.24) is 5.32 Å². The highest BCUT2D eigenvalue weighted by Gasteiger charge is 2.30. The van der Waals surface area contributed by atoms with E-state index in [0.29, 0.717) is 5.92 Å². The second kappa shape index (κ2) is 6.89. The van der Waals surface area contributed by atoms with E-state index >= 15 is 0 Å². The van der Waals surface area contributed by atoms with Crippen molar-refractivity contribution in [2.24, 2.45) is 11.8 Å². The molecule has 2 N–H and O–H groups in total. The lowest BCUT2D eigenvalue weighted by molar-refractivity contribution is -0.125. The van der Waals surface area contributed by atoms with E-state index in [-0.39, 0.29) is 24.3 Å². The Balaban J connectivity index is 2.00. The lowest BCUT2D eigenvalue weighted by atomic mass is 9.77. The van der Waals surface area contributed by atoms with Gasteiger partial charge in [-0.2, -0.15) is 0 Å². The molecule has 0 aromatic heterocycles. The van der Waals surface area contributed by atoms with Crippen molar-refractivity contribution in [2.75, 3.05) is 0 Å². The lowest BCUT2D eigenvalue weighted by Gasteiger charge is -2.35. The predicted octanol–water partition coefficient (Wildman–Crippen LogP) is 3.05. The highest BCUT2D eigenvalue weighted by molar-refractivity contribution is 5.77. The fourth-order valence-corrected chi connectivity index (χ4v) is 2.56. The van der Waals surface area contributed by atoms with Crippen molar-refractivity contribution in [2.45, 2.75) is 51.7 Å². The summed E-state index contributed by atoms with van der Waals surface area (Å²) in [5.41, 5.74) is 1.17. The van der Waals surface area contributed by atoms with Gasteiger partial charge in [-0.3, -0.25) is 4.79 Å². The van der Waals surface area contributed by atoms with E-state index in [1.807, 2.05) is 32.0 Å². The molecule has 0 bridgehead atoms. The molecule has 1 aliphatic rings. The number of nitrogens with one attached hydrogen (secondary N) is 1. The fourth-order valence-electron chi connectivity index (χ4n) is 2.56. The van der Waals surface area contributed by atoms with E-state index < -0.39 is 6.10 Å². The van der Waals surface area contributed by atoms with Crippen molar-refractivity contribution in [3.8, 4) is 0 Å². The highest BCUT2D eigenvalue weighted by Crippen LogP contribution is 2.37. The van der Waals surface area contributed by atoms with Gasteiger partial charge in [-0.15, -0.1) is 0 Å². The smallest absolute Gasteiger partial charge is 0.223 e. The number of hydrogen-bond donors (Lipinski definition) is 2. The van der Waals surface area contributed by atoms with Gasteiger partial charge < -0.3 is 10.4 Å². The third-order valence-corrected chi connectivity index (χ3v) is 4.26. The van der Waals surface area contributed by atoms with E-state index in [1.54, 1.807) is 0 Å². The number of carbonyl (C=O) groups excluding carboxylic acids is 1. The molecule has 110 valence electrons. The summed E-state index contributed by atoms with van der Waals surface area (Å²) in [7, 11) is 0. The second-order valence-electron chi connectivity index (χ2n) is 6.16. The van der Waals surface area contributed by atoms with Gasteiger partial charge in [0.05, 0.1) is 18.6 Å². The Kier molecular flexibility index (Phi) is 5.18. The normalized spacial score (nSPS) is 18.4. The summed E-state index contributed by atoms with van der Waals surface area (Å²) in [6.45, 7) is 3.86. The van der Waals surface area contributed by atoms with Gasteiger partial charge in [0.25, 0.3) is 0 Å². The first kappa shape index (κ1) is 15.0. The van der Waals surface area contributed by atoms with Crippen LogP contribution >= 0.6 is 0 Å². The average Bonchev–Trinajstić information content (AvgIpc) is 2.36. The second-order valence-corrected chi connectivity index (χ2v) is 6.16. The molecule has 0 spiro atoms. The third-order valence-electron chi connectivity index (χ3n) is 4.26. The summed E-state index contributed by atoms with van der Waals surface area (Å²) in [5.74, 6) is 0.601. The highest BCUT2D eigenvalue weighted by atomic mass is 16.3. The monoisotopic (exact) mass is 275 g/mol. The van der Waals surface area contributed by atoms with Crippen LogP contribution in [0.25, 0.3) is 0 Å². The van der Waals surface area contributed by atoms with Gasteiger partial charge in [-0.05, 0) is 30.2 Å². The average molecular weight is 275 g/mol. The molecule has 2 rings (SSSR count). The van der Waals surface area contributed by atoms with Crippen LogP contribution in [-0.2, 0) is 4.79 Å². The Bertz CT molecular complexity index is 426. The van der Waals surface area contributed by atoms with E-state index in [4.69, 9.17) is 0 Å². The van der Waals surface area contributed by atoms with Gasteiger partial charge >= 0.3 is 0 Å². The number of benzene rings is 1. The molecule has 2 unspecified atom stereocenters. The zero-order valence-corrected chi connectivity index (χ0v) is 12.4. The van der Waals surface area contributed by atoms with E-state index in [0.717, 1.165) is 0 Å². The predicted molar refractivity (Wildman–Crippen MR) is 80.1 cm³/mol. The Labute approximate surface area is 121 Å². The first-order valence-corrected chi connectivity index (χ1v) is 7.60. The van der Waals surface area contributed by atoms with Crippen LogP contribution < -0.4 is 5.32 Å². The van der Waals surface area contributed by atoms with Crippen LogP contribution in [0.4, 0.5) is 0 Å². The molecule has 1 aliphatic carbocycles. The standard InChI is InChI=1S/C17H25NO2/c1-12(2)15(19)11-16(20)18-17(14-9-6-10-14)13-7-4-3-5-8-13/h3-5,7-8,12,14-15,17,19H,6,9-11H2,1-2H3,(H,18,20). The molecule has 1 saturated carbocycles. The largest absolute Gasteiger partial charge is 0.392 e. The van der Waals surface area contributed by atoms with E-state index in [9.17, 15) is 9.90 Å². The zero-order valence-electron chi connectivity index (χ0n) is 12.4. The maximum atomic E-state index is 12.1. The number of amides is 1. The summed E-state index contributed by atoms with van der Waals surface area (Å²) < 4.78 is 0. The summed E-state index contributed by atoms with van der Waals surface area (Å²) in [5, 5.41) is 13.0. The first-order valence-electron chi connectivity index (χ1n) is 7.60. The molecule has 3 heteroatoms. The summed E-state index contributed by atoms with van der Waals surface area (Å²) in [6, 6.07) is 10.2. The number of aliphatic hydroxyl groups excluding tert-OH is 1. The molecule has 0 heterocycles. The molecule has 1 aromatic rings. The SMILES string of the molecule is CC(C)C(O)CC(=O)NC(c1ccccc1)C1CCC1. The Morgan fingerprint density at radius 1 is 1.30 bits per heavy atom. The molecular formula is C17H25NO2. The van der Waals surface area contributed by atoms with Crippen molar-refractivity contribution in [3.63, 3.8) is 0 Å². The molecule has 0 radical (unpaired) electrons. The molecular weight excluding hydrogens is 250 g/mol. The van der Waals surface area contributed by atoms with Crippen LogP contribution in [-0.4, -0.2) is 17.1 Å². The summed E-state index contributed by atoms with van der Waals surface area (Å²) in [6.07, 6.45) is 3.22. The molecule has 1 fully saturated rings. The maximum Gasteiger partial charge on any atom is 0.223 e. The Hall–Kier alpha value is -1.35. The molecule has 20 heavy (non-hydrogen) atoms. The maximum absolute atomic E-state index is 12.1. The number of rotatable bonds is 6. The number of hydrogen-bond acceptors (Lipinski definition) is 2. The quantitative estimate of drug-likeness (QED) is 0.838. The van der Waals surface area contributed by atoms with Gasteiger partial charge in [0, 0.05) is 0 Å². The number of aliphatic hydroxyl groups is 1. The van der Waals surface area contributed by atoms with Crippen molar-refractivity contribution < 1.29 is 9.90 Å². The number of carbonyl (C=O) groups is 1. The molecule has 3 nitrogen and oxygen atoms in total. The van der Waals surface area contributed by atoms with Crippen LogP contribution in [0.5, 0.6) is 0 Å². The third kappa shape index (κ3) is 3.83. The van der Waals surface area contributed by atoms with Gasteiger partial charge in [0.2, 0.25) is 5.91 Å². The van der Waals surface area contributed by atoms with Crippen LogP contribution in [0, 0.1) is 11.8 Å². The minimum atomic E-state index is -0.562. The first-order chi connectivity index (χ1) is 9.58. The van der Waals surface area contributed by atoms with Crippen LogP contribution in [0.2, 0.25) is 0 Å². The van der Waals surface area contributed by atoms with Crippen molar-refractivity contribution >= 4 is 5.91 Å². The molecule has 1 amide bonds. The summed E-state index contributed by atoms with van der Waals surface area (Å²) in [4.78, 5) is 12.1. The molecule has 0 aliphatic heterocycles. The topological polar surface area (TPSA) is 49.3 Å². The van der Waals surface area contributed by atoms with Gasteiger partial charge in [0.15, 0.2) is 0 Å².